The van der Waals surface area contributed by atoms with Crippen molar-refractivity contribution in [3.05, 3.63) is 0 Å². The van der Waals surface area contributed by atoms with Gasteiger partial charge in [-0.15, -0.1) is 0 Å². The Morgan fingerprint density at radius 2 is 2.06 bits per heavy atom. The van der Waals surface area contributed by atoms with Crippen molar-refractivity contribution in [2.45, 2.75) is 64.0 Å². The third kappa shape index (κ3) is 4.48. The zero-order valence-corrected chi connectivity index (χ0v) is 11.5. The summed E-state index contributed by atoms with van der Waals surface area (Å²) in [6.07, 6.45) is 9.10. The molecule has 1 saturated carbocycles. The van der Waals surface area contributed by atoms with Crippen LogP contribution in [0.3, 0.4) is 0 Å². The third-order valence-electron chi connectivity index (χ3n) is 4.07. The zero-order chi connectivity index (χ0) is 12.8. The van der Waals surface area contributed by atoms with Crippen molar-refractivity contribution < 1.29 is 4.74 Å². The van der Waals surface area contributed by atoms with Gasteiger partial charge >= 0.3 is 0 Å². The highest BCUT2D eigenvalue weighted by Gasteiger charge is 2.19. The number of nitrogens with one attached hydrogen (secondary N) is 1. The molecule has 2 rings (SSSR count). The SMILES string of the molecule is CC1CC(CN=C(N)NC2CCCCC2)CCO1. The summed E-state index contributed by atoms with van der Waals surface area (Å²) in [5, 5.41) is 3.37. The second-order valence-corrected chi connectivity index (χ2v) is 5.78. The Labute approximate surface area is 110 Å². The van der Waals surface area contributed by atoms with Gasteiger partial charge in [-0.05, 0) is 38.5 Å². The van der Waals surface area contributed by atoms with Crippen molar-refractivity contribution >= 4 is 5.96 Å². The monoisotopic (exact) mass is 253 g/mol. The zero-order valence-electron chi connectivity index (χ0n) is 11.5. The van der Waals surface area contributed by atoms with Gasteiger partial charge in [-0.1, -0.05) is 19.3 Å². The fraction of sp³-hybridized carbons (Fsp3) is 0.929. The lowest BCUT2D eigenvalue weighted by molar-refractivity contribution is 0.00480. The van der Waals surface area contributed by atoms with E-state index in [0.29, 0.717) is 24.0 Å². The molecule has 2 aliphatic rings. The minimum absolute atomic E-state index is 0.381. The summed E-state index contributed by atoms with van der Waals surface area (Å²) >= 11 is 0. The van der Waals surface area contributed by atoms with E-state index < -0.39 is 0 Å². The second-order valence-electron chi connectivity index (χ2n) is 5.78. The molecule has 104 valence electrons. The van der Waals surface area contributed by atoms with Crippen LogP contribution in [0, 0.1) is 5.92 Å². The van der Waals surface area contributed by atoms with E-state index in [0.717, 1.165) is 26.0 Å². The van der Waals surface area contributed by atoms with E-state index in [-0.39, 0.29) is 0 Å². The molecule has 2 fully saturated rings. The van der Waals surface area contributed by atoms with Gasteiger partial charge < -0.3 is 15.8 Å². The lowest BCUT2D eigenvalue weighted by atomic mass is 9.95. The first-order valence-electron chi connectivity index (χ1n) is 7.42. The number of rotatable bonds is 3. The van der Waals surface area contributed by atoms with Crippen LogP contribution in [0.1, 0.15) is 51.9 Å². The fourth-order valence-corrected chi connectivity index (χ4v) is 2.99. The molecule has 2 unspecified atom stereocenters. The molecule has 3 N–H and O–H groups in total. The van der Waals surface area contributed by atoms with Crippen molar-refractivity contribution in [2.24, 2.45) is 16.6 Å². The van der Waals surface area contributed by atoms with Gasteiger partial charge in [0.1, 0.15) is 0 Å². The van der Waals surface area contributed by atoms with Crippen molar-refractivity contribution in [2.75, 3.05) is 13.2 Å². The standard InChI is InChI=1S/C14H27N3O/c1-11-9-12(7-8-18-11)10-16-14(15)17-13-5-3-2-4-6-13/h11-13H,2-10H2,1H3,(H3,15,16,17). The van der Waals surface area contributed by atoms with Gasteiger partial charge in [0, 0.05) is 19.2 Å². The van der Waals surface area contributed by atoms with E-state index in [1.54, 1.807) is 0 Å². The molecule has 0 aromatic carbocycles. The predicted molar refractivity (Wildman–Crippen MR) is 74.6 cm³/mol. The van der Waals surface area contributed by atoms with E-state index in [9.17, 15) is 0 Å². The van der Waals surface area contributed by atoms with Crippen LogP contribution in [0.5, 0.6) is 0 Å². The van der Waals surface area contributed by atoms with Gasteiger partial charge in [-0.2, -0.15) is 0 Å². The highest BCUT2D eigenvalue weighted by molar-refractivity contribution is 5.78. The lowest BCUT2D eigenvalue weighted by Gasteiger charge is -2.26. The van der Waals surface area contributed by atoms with E-state index in [1.807, 2.05) is 0 Å². The first-order valence-corrected chi connectivity index (χ1v) is 7.42. The molecule has 0 bridgehead atoms. The Morgan fingerprint density at radius 1 is 1.28 bits per heavy atom. The normalized spacial score (nSPS) is 31.3. The van der Waals surface area contributed by atoms with Crippen molar-refractivity contribution in [3.63, 3.8) is 0 Å². The Bertz CT molecular complexity index is 274. The molecule has 2 atom stereocenters. The van der Waals surface area contributed by atoms with Gasteiger partial charge in [0.05, 0.1) is 6.10 Å². The van der Waals surface area contributed by atoms with Crippen molar-refractivity contribution in [1.82, 2.24) is 5.32 Å². The number of ether oxygens (including phenoxy) is 1. The second kappa shape index (κ2) is 6.98. The summed E-state index contributed by atoms with van der Waals surface area (Å²) in [6.45, 7) is 3.86. The topological polar surface area (TPSA) is 59.6 Å². The fourth-order valence-electron chi connectivity index (χ4n) is 2.99. The summed E-state index contributed by atoms with van der Waals surface area (Å²) in [5.41, 5.74) is 5.96. The molecule has 0 spiro atoms. The van der Waals surface area contributed by atoms with Crippen LogP contribution in [-0.4, -0.2) is 31.3 Å². The van der Waals surface area contributed by atoms with Crippen LogP contribution in [0.15, 0.2) is 4.99 Å². The maximum absolute atomic E-state index is 5.96. The molecule has 1 heterocycles. The minimum Gasteiger partial charge on any atom is -0.378 e. The van der Waals surface area contributed by atoms with Crippen LogP contribution in [0.25, 0.3) is 0 Å². The smallest absolute Gasteiger partial charge is 0.188 e. The molecule has 0 amide bonds. The highest BCUT2D eigenvalue weighted by atomic mass is 16.5. The Hall–Kier alpha value is -0.770. The Balaban J connectivity index is 1.70. The molecule has 0 aromatic rings. The maximum atomic E-state index is 5.96. The van der Waals surface area contributed by atoms with Crippen molar-refractivity contribution in [1.29, 1.82) is 0 Å². The van der Waals surface area contributed by atoms with Crippen LogP contribution in [0.4, 0.5) is 0 Å². The lowest BCUT2D eigenvalue weighted by Crippen LogP contribution is -2.41. The van der Waals surface area contributed by atoms with Crippen LogP contribution >= 0.6 is 0 Å². The van der Waals surface area contributed by atoms with Gasteiger partial charge in [-0.25, -0.2) is 0 Å². The molecule has 1 aliphatic heterocycles. The number of aliphatic imine (C=N–C) groups is 1. The van der Waals surface area contributed by atoms with E-state index in [4.69, 9.17) is 10.5 Å². The quantitative estimate of drug-likeness (QED) is 0.598. The molecule has 4 heteroatoms. The summed E-state index contributed by atoms with van der Waals surface area (Å²) in [7, 11) is 0. The summed E-state index contributed by atoms with van der Waals surface area (Å²) in [5.74, 6) is 1.28. The van der Waals surface area contributed by atoms with Crippen LogP contribution in [-0.2, 0) is 4.74 Å². The number of hydrogen-bond donors (Lipinski definition) is 2. The largest absolute Gasteiger partial charge is 0.378 e. The van der Waals surface area contributed by atoms with Crippen LogP contribution in [0.2, 0.25) is 0 Å². The Morgan fingerprint density at radius 3 is 2.78 bits per heavy atom. The molecule has 0 radical (unpaired) electrons. The average Bonchev–Trinajstić information content (AvgIpc) is 2.38. The minimum atomic E-state index is 0.381. The number of guanidine groups is 1. The van der Waals surface area contributed by atoms with Gasteiger partial charge in [-0.3, -0.25) is 4.99 Å². The Kier molecular flexibility index (Phi) is 5.29. The number of nitrogens with two attached hydrogens (primary N) is 1. The maximum Gasteiger partial charge on any atom is 0.188 e. The van der Waals surface area contributed by atoms with E-state index in [2.05, 4.69) is 17.2 Å². The molecular formula is C14H27N3O. The number of nitrogens with zero attached hydrogens (tertiary/aromatic N) is 1. The van der Waals surface area contributed by atoms with Crippen LogP contribution < -0.4 is 11.1 Å². The third-order valence-corrected chi connectivity index (χ3v) is 4.07. The molecule has 1 saturated heterocycles. The molecule has 4 nitrogen and oxygen atoms in total. The number of hydrogen-bond acceptors (Lipinski definition) is 2. The predicted octanol–water partition coefficient (Wildman–Crippen LogP) is 2.04. The van der Waals surface area contributed by atoms with Crippen molar-refractivity contribution in [3.8, 4) is 0 Å². The van der Waals surface area contributed by atoms with Gasteiger partial charge in [0.2, 0.25) is 0 Å². The first-order chi connectivity index (χ1) is 8.74. The van der Waals surface area contributed by atoms with Gasteiger partial charge in [0.15, 0.2) is 5.96 Å². The van der Waals surface area contributed by atoms with Gasteiger partial charge in [0.25, 0.3) is 0 Å². The molecule has 1 aliphatic carbocycles. The highest BCUT2D eigenvalue weighted by Crippen LogP contribution is 2.20. The van der Waals surface area contributed by atoms with E-state index in [1.165, 1.54) is 32.1 Å². The molecule has 0 aromatic heterocycles. The van der Waals surface area contributed by atoms with E-state index >= 15 is 0 Å². The molecule has 18 heavy (non-hydrogen) atoms. The average molecular weight is 253 g/mol. The summed E-state index contributed by atoms with van der Waals surface area (Å²) < 4.78 is 5.54. The summed E-state index contributed by atoms with van der Waals surface area (Å²) in [6, 6.07) is 0.552. The molecular weight excluding hydrogens is 226 g/mol. The first kappa shape index (κ1) is 13.7. The summed E-state index contributed by atoms with van der Waals surface area (Å²) in [4.78, 5) is 4.50.